The quantitative estimate of drug-likeness (QED) is 0.923. The maximum atomic E-state index is 13.4. The second-order valence-electron chi connectivity index (χ2n) is 5.38. The van der Waals surface area contributed by atoms with Gasteiger partial charge in [0.15, 0.2) is 11.6 Å². The van der Waals surface area contributed by atoms with Crippen molar-refractivity contribution < 1.29 is 18.4 Å². The maximum Gasteiger partial charge on any atom is 0.254 e. The molecule has 1 atom stereocenters. The van der Waals surface area contributed by atoms with Crippen molar-refractivity contribution in [2.45, 2.75) is 12.5 Å². The van der Waals surface area contributed by atoms with Gasteiger partial charge in [-0.25, -0.2) is 8.78 Å². The van der Waals surface area contributed by atoms with Crippen LogP contribution in [0.1, 0.15) is 27.5 Å². The number of fused-ring (bicyclic) bond motifs is 1. The largest absolute Gasteiger partial charge is 0.368 e. The molecule has 3 rings (SSSR count). The number of nitrogens with zero attached hydrogens (tertiary/aromatic N) is 1. The predicted octanol–water partition coefficient (Wildman–Crippen LogP) is 2.19. The van der Waals surface area contributed by atoms with Crippen LogP contribution < -0.4 is 5.73 Å². The first-order chi connectivity index (χ1) is 11.0. The third-order valence-electron chi connectivity index (χ3n) is 3.98. The van der Waals surface area contributed by atoms with Crippen molar-refractivity contribution in [3.05, 3.63) is 70.8 Å². The van der Waals surface area contributed by atoms with Gasteiger partial charge in [0.25, 0.3) is 5.91 Å². The number of rotatable bonds is 2. The SMILES string of the molecule is NC(=O)C1c2ccccc2CCN1C(=O)c1ccc(F)c(F)c1. The maximum absolute atomic E-state index is 13.4. The fourth-order valence-corrected chi connectivity index (χ4v) is 2.89. The first-order valence-electron chi connectivity index (χ1n) is 7.12. The molecule has 1 heterocycles. The number of benzene rings is 2. The molecule has 2 aromatic carbocycles. The molecule has 0 fully saturated rings. The Bertz CT molecular complexity index is 792. The number of carbonyl (C=O) groups is 2. The van der Waals surface area contributed by atoms with Crippen molar-refractivity contribution in [1.29, 1.82) is 0 Å². The van der Waals surface area contributed by atoms with Gasteiger partial charge in [-0.2, -0.15) is 0 Å². The highest BCUT2D eigenvalue weighted by atomic mass is 19.2. The molecular weight excluding hydrogens is 302 g/mol. The number of primary amides is 1. The van der Waals surface area contributed by atoms with Gasteiger partial charge in [0.05, 0.1) is 0 Å². The molecule has 0 aliphatic carbocycles. The van der Waals surface area contributed by atoms with E-state index in [1.54, 1.807) is 12.1 Å². The van der Waals surface area contributed by atoms with Crippen molar-refractivity contribution in [3.63, 3.8) is 0 Å². The molecule has 1 unspecified atom stereocenters. The summed E-state index contributed by atoms with van der Waals surface area (Å²) >= 11 is 0. The van der Waals surface area contributed by atoms with Crippen molar-refractivity contribution in [2.75, 3.05) is 6.54 Å². The molecule has 0 saturated carbocycles. The van der Waals surface area contributed by atoms with Crippen molar-refractivity contribution in [3.8, 4) is 0 Å². The van der Waals surface area contributed by atoms with Crippen LogP contribution in [0.3, 0.4) is 0 Å². The van der Waals surface area contributed by atoms with E-state index in [0.717, 1.165) is 17.7 Å². The lowest BCUT2D eigenvalue weighted by atomic mass is 9.91. The summed E-state index contributed by atoms with van der Waals surface area (Å²) in [6.45, 7) is 0.280. The monoisotopic (exact) mass is 316 g/mol. The zero-order valence-corrected chi connectivity index (χ0v) is 12.1. The van der Waals surface area contributed by atoms with E-state index in [0.29, 0.717) is 12.0 Å². The van der Waals surface area contributed by atoms with Gasteiger partial charge in [0.1, 0.15) is 6.04 Å². The lowest BCUT2D eigenvalue weighted by molar-refractivity contribution is -0.123. The Morgan fingerprint density at radius 2 is 1.83 bits per heavy atom. The fourth-order valence-electron chi connectivity index (χ4n) is 2.89. The highest BCUT2D eigenvalue weighted by Crippen LogP contribution is 2.30. The second-order valence-corrected chi connectivity index (χ2v) is 5.38. The van der Waals surface area contributed by atoms with Gasteiger partial charge in [0, 0.05) is 12.1 Å². The zero-order valence-electron chi connectivity index (χ0n) is 12.1. The molecule has 2 N–H and O–H groups in total. The predicted molar refractivity (Wildman–Crippen MR) is 79.5 cm³/mol. The average molecular weight is 316 g/mol. The molecule has 4 nitrogen and oxygen atoms in total. The van der Waals surface area contributed by atoms with E-state index in [9.17, 15) is 18.4 Å². The van der Waals surface area contributed by atoms with E-state index in [1.165, 1.54) is 11.0 Å². The lowest BCUT2D eigenvalue weighted by Crippen LogP contribution is -2.45. The normalized spacial score (nSPS) is 16.8. The number of carbonyl (C=O) groups excluding carboxylic acids is 2. The molecule has 23 heavy (non-hydrogen) atoms. The third-order valence-corrected chi connectivity index (χ3v) is 3.98. The highest BCUT2D eigenvalue weighted by molar-refractivity contribution is 5.98. The zero-order chi connectivity index (χ0) is 16.6. The van der Waals surface area contributed by atoms with E-state index in [2.05, 4.69) is 0 Å². The first kappa shape index (κ1) is 15.1. The second kappa shape index (κ2) is 5.79. The summed E-state index contributed by atoms with van der Waals surface area (Å²) in [4.78, 5) is 25.8. The molecule has 118 valence electrons. The Balaban J connectivity index is 2.00. The van der Waals surface area contributed by atoms with Crippen molar-refractivity contribution in [1.82, 2.24) is 4.90 Å². The molecule has 2 aromatic rings. The Kier molecular flexibility index (Phi) is 3.82. The van der Waals surface area contributed by atoms with E-state index in [-0.39, 0.29) is 12.1 Å². The molecule has 2 amide bonds. The topological polar surface area (TPSA) is 63.4 Å². The third kappa shape index (κ3) is 2.67. The van der Waals surface area contributed by atoms with E-state index in [1.807, 2.05) is 12.1 Å². The minimum atomic E-state index is -1.11. The molecule has 0 aromatic heterocycles. The number of nitrogens with two attached hydrogens (primary N) is 1. The Hall–Kier alpha value is -2.76. The summed E-state index contributed by atoms with van der Waals surface area (Å²) in [7, 11) is 0. The van der Waals surface area contributed by atoms with E-state index in [4.69, 9.17) is 5.73 Å². The van der Waals surface area contributed by atoms with Gasteiger partial charge in [-0.3, -0.25) is 9.59 Å². The highest BCUT2D eigenvalue weighted by Gasteiger charge is 2.35. The molecule has 6 heteroatoms. The van der Waals surface area contributed by atoms with Crippen LogP contribution in [-0.4, -0.2) is 23.3 Å². The fraction of sp³-hybridized carbons (Fsp3) is 0.176. The summed E-state index contributed by atoms with van der Waals surface area (Å²) in [5.41, 5.74) is 7.07. The van der Waals surface area contributed by atoms with Crippen molar-refractivity contribution in [2.24, 2.45) is 5.73 Å². The van der Waals surface area contributed by atoms with Gasteiger partial charge in [-0.1, -0.05) is 24.3 Å². The van der Waals surface area contributed by atoms with Crippen LogP contribution in [0.5, 0.6) is 0 Å². The van der Waals surface area contributed by atoms with Gasteiger partial charge >= 0.3 is 0 Å². The smallest absolute Gasteiger partial charge is 0.254 e. The molecule has 1 aliphatic heterocycles. The van der Waals surface area contributed by atoms with Gasteiger partial charge in [-0.05, 0) is 35.7 Å². The average Bonchev–Trinajstić information content (AvgIpc) is 2.55. The number of halogens is 2. The summed E-state index contributed by atoms with van der Waals surface area (Å²) in [6, 6.07) is 9.24. The molecular formula is C17H14F2N2O2. The summed E-state index contributed by atoms with van der Waals surface area (Å²) in [5, 5.41) is 0. The number of amides is 2. The Labute approximate surface area is 131 Å². The van der Waals surface area contributed by atoms with Crippen LogP contribution in [0.2, 0.25) is 0 Å². The van der Waals surface area contributed by atoms with Crippen LogP contribution in [0.15, 0.2) is 42.5 Å². The van der Waals surface area contributed by atoms with Gasteiger partial charge in [-0.15, -0.1) is 0 Å². The summed E-state index contributed by atoms with van der Waals surface area (Å²) in [5.74, 6) is -3.35. The summed E-state index contributed by atoms with van der Waals surface area (Å²) in [6.07, 6.45) is 0.565. The number of hydrogen-bond acceptors (Lipinski definition) is 2. The van der Waals surface area contributed by atoms with Gasteiger partial charge < -0.3 is 10.6 Å². The van der Waals surface area contributed by atoms with Crippen LogP contribution in [0.4, 0.5) is 8.78 Å². The minimum Gasteiger partial charge on any atom is -0.368 e. The molecule has 0 spiro atoms. The first-order valence-corrected chi connectivity index (χ1v) is 7.12. The molecule has 0 radical (unpaired) electrons. The van der Waals surface area contributed by atoms with E-state index >= 15 is 0 Å². The van der Waals surface area contributed by atoms with Crippen LogP contribution in [0.25, 0.3) is 0 Å². The summed E-state index contributed by atoms with van der Waals surface area (Å²) < 4.78 is 26.4. The van der Waals surface area contributed by atoms with Crippen LogP contribution in [-0.2, 0) is 11.2 Å². The standard InChI is InChI=1S/C17H14F2N2O2/c18-13-6-5-11(9-14(13)19)17(23)21-8-7-10-3-1-2-4-12(10)15(21)16(20)22/h1-6,9,15H,7-8H2,(H2,20,22). The van der Waals surface area contributed by atoms with Crippen LogP contribution in [0, 0.1) is 11.6 Å². The Morgan fingerprint density at radius 1 is 1.09 bits per heavy atom. The lowest BCUT2D eigenvalue weighted by Gasteiger charge is -2.35. The molecule has 1 aliphatic rings. The minimum absolute atomic E-state index is 0.0190. The van der Waals surface area contributed by atoms with Gasteiger partial charge in [0.2, 0.25) is 5.91 Å². The number of hydrogen-bond donors (Lipinski definition) is 1. The van der Waals surface area contributed by atoms with E-state index < -0.39 is 29.5 Å². The Morgan fingerprint density at radius 3 is 2.52 bits per heavy atom. The molecule has 0 saturated heterocycles. The van der Waals surface area contributed by atoms with Crippen LogP contribution >= 0.6 is 0 Å². The molecule has 0 bridgehead atoms. The van der Waals surface area contributed by atoms with Crippen molar-refractivity contribution >= 4 is 11.8 Å².